The number of rotatable bonds is 4. The van der Waals surface area contributed by atoms with Crippen LogP contribution < -0.4 is 0 Å². The topological polar surface area (TPSA) is 80.7 Å². The van der Waals surface area contributed by atoms with Crippen LogP contribution in [0.15, 0.2) is 0 Å². The van der Waals surface area contributed by atoms with E-state index < -0.39 is 21.3 Å². The van der Waals surface area contributed by atoms with E-state index in [0.717, 1.165) is 0 Å². The molecule has 0 rings (SSSR count). The molecule has 0 spiro atoms. The Labute approximate surface area is 89.8 Å². The normalized spacial score (nSPS) is 12.8. The van der Waals surface area contributed by atoms with Gasteiger partial charge in [-0.15, -0.1) is 0 Å². The zero-order chi connectivity index (χ0) is 9.78. The molecule has 73 valence electrons. The third kappa shape index (κ3) is 7.08. The van der Waals surface area contributed by atoms with Crippen molar-refractivity contribution in [3.8, 4) is 0 Å². The van der Waals surface area contributed by atoms with Gasteiger partial charge in [0.1, 0.15) is 0 Å². The molecule has 0 fully saturated rings. The third-order valence-corrected chi connectivity index (χ3v) is 2.45. The van der Waals surface area contributed by atoms with Crippen molar-refractivity contribution < 1.29 is 22.5 Å². The van der Waals surface area contributed by atoms with Crippen LogP contribution in [0.4, 0.5) is 0 Å². The van der Waals surface area contributed by atoms with Crippen molar-refractivity contribution in [1.82, 2.24) is 0 Å². The fourth-order valence-electron chi connectivity index (χ4n) is 0.560. The van der Waals surface area contributed by atoms with Gasteiger partial charge in [-0.05, 0) is 13.8 Å². The minimum Gasteiger partial charge on any atom is -0.466 e. The Kier molecular flexibility index (Phi) is 7.65. The monoisotopic (exact) mass is 203 g/mol. The van der Waals surface area contributed by atoms with Crippen molar-refractivity contribution in [2.45, 2.75) is 25.5 Å². The average molecular weight is 203 g/mol. The van der Waals surface area contributed by atoms with Crippen LogP contribution in [0.3, 0.4) is 0 Å². The van der Waals surface area contributed by atoms with Gasteiger partial charge >= 0.3 is 5.97 Å². The largest absolute Gasteiger partial charge is 0.466 e. The first-order chi connectivity index (χ1) is 5.38. The molecule has 0 aromatic carbocycles. The molecule has 0 heterocycles. The van der Waals surface area contributed by atoms with Crippen molar-refractivity contribution in [3.05, 3.63) is 0 Å². The molecule has 1 atom stereocenters. The van der Waals surface area contributed by atoms with Crippen molar-refractivity contribution in [2.24, 2.45) is 0 Å². The van der Waals surface area contributed by atoms with Crippen LogP contribution in [-0.4, -0.2) is 49.7 Å². The first-order valence-electron chi connectivity index (χ1n) is 3.49. The Morgan fingerprint density at radius 3 is 2.31 bits per heavy atom. The number of hydrogen-bond donors (Lipinski definition) is 1. The molecule has 5 nitrogen and oxygen atoms in total. The molecular formula is C6H12LiO5S. The summed E-state index contributed by atoms with van der Waals surface area (Å²) in [6.45, 7) is 3.07. The van der Waals surface area contributed by atoms with E-state index in [1.807, 2.05) is 0 Å². The van der Waals surface area contributed by atoms with Gasteiger partial charge < -0.3 is 4.74 Å². The quantitative estimate of drug-likeness (QED) is 0.390. The molecule has 0 aromatic rings. The Morgan fingerprint density at radius 2 is 2.00 bits per heavy atom. The molecule has 1 N–H and O–H groups in total. The number of hydrogen-bond acceptors (Lipinski definition) is 4. The molecule has 13 heavy (non-hydrogen) atoms. The smallest absolute Gasteiger partial charge is 0.307 e. The maximum Gasteiger partial charge on any atom is 0.307 e. The summed E-state index contributed by atoms with van der Waals surface area (Å²) < 4.78 is 33.8. The Bertz CT molecular complexity index is 248. The van der Waals surface area contributed by atoms with Gasteiger partial charge in [0.15, 0.2) is 0 Å². The predicted molar refractivity (Wildman–Crippen MR) is 48.0 cm³/mol. The summed E-state index contributed by atoms with van der Waals surface area (Å²) in [5.74, 6) is -0.623. The second kappa shape index (κ2) is 6.43. The Hall–Kier alpha value is -0.0226. The van der Waals surface area contributed by atoms with E-state index >= 15 is 0 Å². The van der Waals surface area contributed by atoms with Crippen molar-refractivity contribution in [1.29, 1.82) is 0 Å². The minimum absolute atomic E-state index is 0. The van der Waals surface area contributed by atoms with Crippen LogP contribution in [0, 0.1) is 0 Å². The van der Waals surface area contributed by atoms with Gasteiger partial charge in [-0.2, -0.15) is 8.42 Å². The van der Waals surface area contributed by atoms with Crippen LogP contribution in [0.1, 0.15) is 20.3 Å². The van der Waals surface area contributed by atoms with Gasteiger partial charge in [-0.25, -0.2) is 0 Å². The zero-order valence-electron chi connectivity index (χ0n) is 7.98. The van der Waals surface area contributed by atoms with E-state index in [-0.39, 0.29) is 31.9 Å². The summed E-state index contributed by atoms with van der Waals surface area (Å²) in [6.07, 6.45) is -0.313. The molecule has 0 aromatic heterocycles. The maximum atomic E-state index is 10.7. The molecule has 1 unspecified atom stereocenters. The van der Waals surface area contributed by atoms with Crippen LogP contribution in [-0.2, 0) is 19.6 Å². The summed E-state index contributed by atoms with van der Waals surface area (Å²) in [5.41, 5.74) is 0. The van der Waals surface area contributed by atoms with Crippen LogP contribution in [0.5, 0.6) is 0 Å². The molecule has 0 saturated carbocycles. The van der Waals surface area contributed by atoms with Gasteiger partial charge in [-0.1, -0.05) is 0 Å². The van der Waals surface area contributed by atoms with E-state index in [0.29, 0.717) is 0 Å². The van der Waals surface area contributed by atoms with E-state index in [9.17, 15) is 13.2 Å². The molecule has 7 heteroatoms. The summed E-state index contributed by atoms with van der Waals surface area (Å²) in [7, 11) is -4.12. The summed E-state index contributed by atoms with van der Waals surface area (Å²) >= 11 is 0. The third-order valence-electron chi connectivity index (χ3n) is 1.27. The molecule has 1 radical (unpaired) electrons. The Morgan fingerprint density at radius 1 is 1.54 bits per heavy atom. The standard InChI is InChI=1S/C6H12O5S.Li/c1-3-11-6(7)4-5(2)12(8,9)10;/h5H,3-4H2,1-2H3,(H,8,9,10);. The van der Waals surface area contributed by atoms with Gasteiger partial charge in [0.2, 0.25) is 0 Å². The van der Waals surface area contributed by atoms with E-state index in [1.165, 1.54) is 6.92 Å². The molecule has 0 saturated heterocycles. The zero-order valence-corrected chi connectivity index (χ0v) is 8.80. The maximum absolute atomic E-state index is 10.7. The number of ether oxygens (including phenoxy) is 1. The number of carbonyl (C=O) groups is 1. The van der Waals surface area contributed by atoms with Gasteiger partial charge in [0.05, 0.1) is 18.3 Å². The van der Waals surface area contributed by atoms with Crippen molar-refractivity contribution in [2.75, 3.05) is 6.61 Å². The van der Waals surface area contributed by atoms with Crippen molar-refractivity contribution in [3.63, 3.8) is 0 Å². The molecule has 0 aliphatic heterocycles. The van der Waals surface area contributed by atoms with Gasteiger partial charge in [0, 0.05) is 18.9 Å². The Balaban J connectivity index is 0. The number of carbonyl (C=O) groups excluding carboxylic acids is 1. The first kappa shape index (κ1) is 15.4. The van der Waals surface area contributed by atoms with Crippen LogP contribution >= 0.6 is 0 Å². The number of esters is 1. The first-order valence-corrected chi connectivity index (χ1v) is 5.00. The van der Waals surface area contributed by atoms with E-state index in [1.54, 1.807) is 6.92 Å². The van der Waals surface area contributed by atoms with E-state index in [4.69, 9.17) is 4.55 Å². The van der Waals surface area contributed by atoms with Gasteiger partial charge in [-0.3, -0.25) is 9.35 Å². The minimum atomic E-state index is -4.12. The molecule has 0 amide bonds. The summed E-state index contributed by atoms with van der Waals surface area (Å²) in [4.78, 5) is 10.7. The van der Waals surface area contributed by atoms with Crippen molar-refractivity contribution >= 4 is 34.9 Å². The average Bonchev–Trinajstić information content (AvgIpc) is 1.85. The molecular weight excluding hydrogens is 191 g/mol. The fourth-order valence-corrected chi connectivity index (χ4v) is 0.907. The molecule has 0 aliphatic carbocycles. The summed E-state index contributed by atoms with van der Waals surface area (Å²) in [5, 5.41) is -1.10. The SMILES string of the molecule is CCOC(=O)CC(C)S(=O)(=O)O.[Li]. The van der Waals surface area contributed by atoms with Crippen LogP contribution in [0.25, 0.3) is 0 Å². The van der Waals surface area contributed by atoms with Gasteiger partial charge in [0.25, 0.3) is 10.1 Å². The fraction of sp³-hybridized carbons (Fsp3) is 0.833. The molecule has 0 aliphatic rings. The second-order valence-corrected chi connectivity index (χ2v) is 4.17. The van der Waals surface area contributed by atoms with E-state index in [2.05, 4.69) is 4.74 Å². The predicted octanol–water partition coefficient (Wildman–Crippen LogP) is -0.165. The second-order valence-electron chi connectivity index (χ2n) is 2.33. The molecule has 0 bridgehead atoms. The summed E-state index contributed by atoms with van der Waals surface area (Å²) in [6, 6.07) is 0. The van der Waals surface area contributed by atoms with Crippen LogP contribution in [0.2, 0.25) is 0 Å².